The van der Waals surface area contributed by atoms with Gasteiger partial charge in [-0.2, -0.15) is 13.2 Å². The quantitative estimate of drug-likeness (QED) is 0.659. The predicted octanol–water partition coefficient (Wildman–Crippen LogP) is 4.70. The van der Waals surface area contributed by atoms with Gasteiger partial charge in [0, 0.05) is 0 Å². The molecule has 1 N–H and O–H groups in total. The van der Waals surface area contributed by atoms with E-state index in [0.29, 0.717) is 23.0 Å². The number of aromatic hydroxyl groups is 1. The van der Waals surface area contributed by atoms with Gasteiger partial charge in [0.25, 0.3) is 0 Å². The Morgan fingerprint density at radius 3 is 2.32 bits per heavy atom. The lowest BCUT2D eigenvalue weighted by Crippen LogP contribution is -2.05. The van der Waals surface area contributed by atoms with Crippen molar-refractivity contribution in [2.75, 3.05) is 0 Å². The van der Waals surface area contributed by atoms with Crippen LogP contribution in [0.4, 0.5) is 13.2 Å². The van der Waals surface area contributed by atoms with Crippen LogP contribution in [0.1, 0.15) is 32.6 Å². The molecule has 2 aromatic carbocycles. The molecule has 0 atom stereocenters. The molecule has 0 aliphatic carbocycles. The summed E-state index contributed by atoms with van der Waals surface area (Å²) in [7, 11) is 0. The van der Waals surface area contributed by atoms with Crippen LogP contribution < -0.4 is 0 Å². The number of phenols is 1. The summed E-state index contributed by atoms with van der Waals surface area (Å²) in [5.41, 5.74) is 0.950. The Hall–Kier alpha value is -2.56. The average molecular weight is 306 g/mol. The van der Waals surface area contributed by atoms with Crippen molar-refractivity contribution in [3.8, 4) is 5.75 Å². The molecule has 0 saturated heterocycles. The maximum absolute atomic E-state index is 12.8. The Bertz CT molecular complexity index is 731. The van der Waals surface area contributed by atoms with Crippen LogP contribution in [0.25, 0.3) is 12.2 Å². The van der Waals surface area contributed by atoms with Crippen molar-refractivity contribution in [3.63, 3.8) is 0 Å². The maximum atomic E-state index is 12.8. The molecular weight excluding hydrogens is 293 g/mol. The Morgan fingerprint density at radius 2 is 1.68 bits per heavy atom. The van der Waals surface area contributed by atoms with E-state index in [4.69, 9.17) is 0 Å². The van der Waals surface area contributed by atoms with Crippen LogP contribution in [0, 0.1) is 6.92 Å². The van der Waals surface area contributed by atoms with Crippen molar-refractivity contribution in [3.05, 3.63) is 64.2 Å². The van der Waals surface area contributed by atoms with Gasteiger partial charge in [0.15, 0.2) is 6.29 Å². The van der Waals surface area contributed by atoms with E-state index in [1.807, 2.05) is 0 Å². The van der Waals surface area contributed by atoms with Crippen molar-refractivity contribution in [2.45, 2.75) is 13.1 Å². The first-order valence-corrected chi connectivity index (χ1v) is 6.45. The van der Waals surface area contributed by atoms with Gasteiger partial charge in [0.2, 0.25) is 0 Å². The molecule has 0 spiro atoms. The van der Waals surface area contributed by atoms with Crippen LogP contribution in [0.5, 0.6) is 5.75 Å². The molecule has 0 fully saturated rings. The second-order valence-corrected chi connectivity index (χ2v) is 4.90. The molecule has 0 amide bonds. The molecule has 5 heteroatoms. The molecule has 0 aromatic heterocycles. The standard InChI is InChI=1S/C17H13F3O2/c1-11-6-13(9-15(7-11)17(18,19)20)3-2-12-4-5-16(22)14(8-12)10-21/h2-10,22H,1H3/b3-2+. The normalized spacial score (nSPS) is 11.8. The highest BCUT2D eigenvalue weighted by molar-refractivity contribution is 5.82. The number of hydrogen-bond acceptors (Lipinski definition) is 2. The second kappa shape index (κ2) is 6.05. The van der Waals surface area contributed by atoms with Crippen LogP contribution >= 0.6 is 0 Å². The number of benzene rings is 2. The molecular formula is C17H13F3O2. The molecule has 2 rings (SSSR count). The molecule has 0 unspecified atom stereocenters. The summed E-state index contributed by atoms with van der Waals surface area (Å²) < 4.78 is 38.3. The van der Waals surface area contributed by atoms with Gasteiger partial charge in [-0.3, -0.25) is 4.79 Å². The maximum Gasteiger partial charge on any atom is 0.416 e. The number of carbonyl (C=O) groups excluding carboxylic acids is 1. The fourth-order valence-electron chi connectivity index (χ4n) is 2.04. The third-order valence-electron chi connectivity index (χ3n) is 3.07. The van der Waals surface area contributed by atoms with E-state index in [1.165, 1.54) is 18.2 Å². The first-order valence-electron chi connectivity index (χ1n) is 6.45. The van der Waals surface area contributed by atoms with E-state index < -0.39 is 11.7 Å². The zero-order chi connectivity index (χ0) is 16.3. The monoisotopic (exact) mass is 306 g/mol. The van der Waals surface area contributed by atoms with E-state index in [1.54, 1.807) is 25.1 Å². The Kier molecular flexibility index (Phi) is 4.35. The topological polar surface area (TPSA) is 37.3 Å². The number of aryl methyl sites for hydroxylation is 1. The Morgan fingerprint density at radius 1 is 1.00 bits per heavy atom. The van der Waals surface area contributed by atoms with Crippen LogP contribution in [0.2, 0.25) is 0 Å². The summed E-state index contributed by atoms with van der Waals surface area (Å²) in [5.74, 6) is -0.137. The zero-order valence-electron chi connectivity index (χ0n) is 11.7. The molecule has 114 valence electrons. The van der Waals surface area contributed by atoms with Crippen molar-refractivity contribution in [2.24, 2.45) is 0 Å². The van der Waals surface area contributed by atoms with E-state index in [2.05, 4.69) is 0 Å². The lowest BCUT2D eigenvalue weighted by atomic mass is 10.0. The largest absolute Gasteiger partial charge is 0.507 e. The molecule has 0 saturated carbocycles. The zero-order valence-corrected chi connectivity index (χ0v) is 11.7. The SMILES string of the molecule is Cc1cc(/C=C/c2ccc(O)c(C=O)c2)cc(C(F)(F)F)c1. The molecule has 2 nitrogen and oxygen atoms in total. The van der Waals surface area contributed by atoms with E-state index >= 15 is 0 Å². The van der Waals surface area contributed by atoms with Gasteiger partial charge in [-0.25, -0.2) is 0 Å². The number of aldehydes is 1. The minimum atomic E-state index is -4.39. The highest BCUT2D eigenvalue weighted by Gasteiger charge is 2.30. The fraction of sp³-hybridized carbons (Fsp3) is 0.118. The second-order valence-electron chi connectivity index (χ2n) is 4.90. The van der Waals surface area contributed by atoms with Crippen molar-refractivity contribution in [1.29, 1.82) is 0 Å². The summed E-state index contributed by atoms with van der Waals surface area (Å²) >= 11 is 0. The van der Waals surface area contributed by atoms with E-state index in [-0.39, 0.29) is 11.3 Å². The molecule has 0 aliphatic rings. The third kappa shape index (κ3) is 3.75. The summed E-state index contributed by atoms with van der Waals surface area (Å²) in [6.07, 6.45) is -0.760. The van der Waals surface area contributed by atoms with Gasteiger partial charge in [-0.05, 0) is 47.9 Å². The lowest BCUT2D eigenvalue weighted by molar-refractivity contribution is -0.137. The number of alkyl halides is 3. The van der Waals surface area contributed by atoms with E-state index in [9.17, 15) is 23.1 Å². The highest BCUT2D eigenvalue weighted by Crippen LogP contribution is 2.31. The Balaban J connectivity index is 2.34. The number of phenolic OH excluding ortho intramolecular Hbond substituents is 1. The minimum Gasteiger partial charge on any atom is -0.507 e. The molecule has 0 radical (unpaired) electrons. The van der Waals surface area contributed by atoms with Gasteiger partial charge in [-0.15, -0.1) is 0 Å². The van der Waals surface area contributed by atoms with Crippen molar-refractivity contribution >= 4 is 18.4 Å². The Labute approximate surface area is 125 Å². The smallest absolute Gasteiger partial charge is 0.416 e. The van der Waals surface area contributed by atoms with Gasteiger partial charge in [0.1, 0.15) is 5.75 Å². The van der Waals surface area contributed by atoms with Gasteiger partial charge in [-0.1, -0.05) is 24.3 Å². The third-order valence-corrected chi connectivity index (χ3v) is 3.07. The van der Waals surface area contributed by atoms with Crippen LogP contribution in [0.3, 0.4) is 0 Å². The summed E-state index contributed by atoms with van der Waals surface area (Å²) in [5, 5.41) is 9.40. The first-order chi connectivity index (χ1) is 10.3. The number of halogens is 3. The lowest BCUT2D eigenvalue weighted by Gasteiger charge is -2.08. The number of rotatable bonds is 3. The van der Waals surface area contributed by atoms with Crippen LogP contribution in [-0.4, -0.2) is 11.4 Å². The van der Waals surface area contributed by atoms with Gasteiger partial charge < -0.3 is 5.11 Å². The van der Waals surface area contributed by atoms with Gasteiger partial charge >= 0.3 is 6.18 Å². The van der Waals surface area contributed by atoms with E-state index in [0.717, 1.165) is 12.1 Å². The molecule has 0 aliphatic heterocycles. The fourth-order valence-corrected chi connectivity index (χ4v) is 2.04. The summed E-state index contributed by atoms with van der Waals surface area (Å²) in [6.45, 7) is 1.59. The van der Waals surface area contributed by atoms with Crippen molar-refractivity contribution in [1.82, 2.24) is 0 Å². The van der Waals surface area contributed by atoms with Crippen molar-refractivity contribution < 1.29 is 23.1 Å². The number of carbonyl (C=O) groups is 1. The van der Waals surface area contributed by atoms with Crippen LogP contribution in [0.15, 0.2) is 36.4 Å². The molecule has 0 bridgehead atoms. The molecule has 2 aromatic rings. The highest BCUT2D eigenvalue weighted by atomic mass is 19.4. The molecule has 0 heterocycles. The minimum absolute atomic E-state index is 0.127. The first kappa shape index (κ1) is 15.8. The average Bonchev–Trinajstić information content (AvgIpc) is 2.45. The number of hydrogen-bond donors (Lipinski definition) is 1. The van der Waals surface area contributed by atoms with Gasteiger partial charge in [0.05, 0.1) is 11.1 Å². The van der Waals surface area contributed by atoms with Crippen LogP contribution in [-0.2, 0) is 6.18 Å². The molecule has 22 heavy (non-hydrogen) atoms. The predicted molar refractivity (Wildman–Crippen MR) is 78.6 cm³/mol. The summed E-state index contributed by atoms with van der Waals surface area (Å²) in [4.78, 5) is 10.7. The summed E-state index contributed by atoms with van der Waals surface area (Å²) in [6, 6.07) is 8.17.